The van der Waals surface area contributed by atoms with Crippen molar-refractivity contribution in [2.24, 2.45) is 0 Å². The first-order valence-corrected chi connectivity index (χ1v) is 7.63. The van der Waals surface area contributed by atoms with Gasteiger partial charge in [-0.3, -0.25) is 0 Å². The molecule has 1 saturated heterocycles. The molecule has 1 aromatic heterocycles. The molecule has 1 atom stereocenters. The maximum Gasteiger partial charge on any atom is 0.182 e. The molecule has 120 valence electrons. The third kappa shape index (κ3) is 3.26. The van der Waals surface area contributed by atoms with Gasteiger partial charge in [-0.25, -0.2) is 14.4 Å². The van der Waals surface area contributed by atoms with Gasteiger partial charge in [0.1, 0.15) is 11.9 Å². The second kappa shape index (κ2) is 6.93. The molecule has 0 aliphatic carbocycles. The number of halogens is 1. The highest BCUT2D eigenvalue weighted by Gasteiger charge is 2.23. The summed E-state index contributed by atoms with van der Waals surface area (Å²) in [5, 5.41) is 21.2. The van der Waals surface area contributed by atoms with E-state index in [2.05, 4.69) is 15.3 Å². The summed E-state index contributed by atoms with van der Waals surface area (Å²) in [6.45, 7) is 1.33. The first-order valence-electron chi connectivity index (χ1n) is 7.63. The predicted octanol–water partition coefficient (Wildman–Crippen LogP) is 2.44. The maximum absolute atomic E-state index is 14.2. The quantitative estimate of drug-likeness (QED) is 0.933. The van der Waals surface area contributed by atoms with Gasteiger partial charge in [0, 0.05) is 31.5 Å². The molecule has 0 bridgehead atoms. The van der Waals surface area contributed by atoms with Crippen LogP contribution < -0.4 is 10.2 Å². The Bertz CT molecular complexity index is 823. The van der Waals surface area contributed by atoms with E-state index in [9.17, 15) is 4.39 Å². The summed E-state index contributed by atoms with van der Waals surface area (Å²) >= 11 is 0. The van der Waals surface area contributed by atoms with Crippen LogP contribution in [0, 0.1) is 28.5 Å². The smallest absolute Gasteiger partial charge is 0.182 e. The zero-order valence-corrected chi connectivity index (χ0v) is 12.9. The van der Waals surface area contributed by atoms with Crippen molar-refractivity contribution in [3.63, 3.8) is 0 Å². The van der Waals surface area contributed by atoms with Gasteiger partial charge in [0.05, 0.1) is 17.3 Å². The lowest BCUT2D eigenvalue weighted by molar-refractivity contribution is 0.518. The molecule has 24 heavy (non-hydrogen) atoms. The van der Waals surface area contributed by atoms with Gasteiger partial charge < -0.3 is 10.2 Å². The summed E-state index contributed by atoms with van der Waals surface area (Å²) in [6, 6.07) is 8.49. The first kappa shape index (κ1) is 15.7. The minimum atomic E-state index is -0.396. The SMILES string of the molecule is N#Cc1ccc(N2CCC[C@H](Nc3nccnc3C#N)C2)c(F)c1. The van der Waals surface area contributed by atoms with Gasteiger partial charge in [-0.1, -0.05) is 0 Å². The fraction of sp³-hybridized carbons (Fsp3) is 0.294. The Hall–Kier alpha value is -3.19. The van der Waals surface area contributed by atoms with Gasteiger partial charge in [0.25, 0.3) is 0 Å². The molecule has 0 amide bonds. The minimum Gasteiger partial charge on any atom is -0.367 e. The van der Waals surface area contributed by atoms with Crippen LogP contribution in [0.2, 0.25) is 0 Å². The summed E-state index contributed by atoms with van der Waals surface area (Å²) in [4.78, 5) is 10.1. The molecule has 1 aliphatic heterocycles. The third-order valence-electron chi connectivity index (χ3n) is 3.98. The van der Waals surface area contributed by atoms with E-state index in [1.807, 2.05) is 17.0 Å². The van der Waals surface area contributed by atoms with Crippen molar-refractivity contribution >= 4 is 11.5 Å². The van der Waals surface area contributed by atoms with Gasteiger partial charge >= 0.3 is 0 Å². The number of hydrogen-bond donors (Lipinski definition) is 1. The maximum atomic E-state index is 14.2. The summed E-state index contributed by atoms with van der Waals surface area (Å²) < 4.78 is 14.2. The van der Waals surface area contributed by atoms with E-state index in [0.29, 0.717) is 23.6 Å². The standard InChI is InChI=1S/C17H15FN6/c18-14-8-12(9-19)3-4-16(14)24-7-1-2-13(11-24)23-17-15(10-20)21-5-6-22-17/h3-6,8,13H,1-2,7,11H2,(H,22,23)/t13-/m0/s1. The third-order valence-corrected chi connectivity index (χ3v) is 3.98. The molecule has 3 rings (SSSR count). The van der Waals surface area contributed by atoms with E-state index < -0.39 is 5.82 Å². The topological polar surface area (TPSA) is 88.6 Å². The fourth-order valence-electron chi connectivity index (χ4n) is 2.87. The van der Waals surface area contributed by atoms with Crippen LogP contribution in [0.25, 0.3) is 0 Å². The molecular weight excluding hydrogens is 307 g/mol. The zero-order chi connectivity index (χ0) is 16.9. The van der Waals surface area contributed by atoms with Crippen molar-refractivity contribution in [2.75, 3.05) is 23.3 Å². The number of rotatable bonds is 3. The molecule has 0 unspecified atom stereocenters. The summed E-state index contributed by atoms with van der Waals surface area (Å²) in [6.07, 6.45) is 4.79. The van der Waals surface area contributed by atoms with Crippen molar-refractivity contribution in [1.82, 2.24) is 9.97 Å². The van der Waals surface area contributed by atoms with Crippen LogP contribution in [0.4, 0.5) is 15.9 Å². The van der Waals surface area contributed by atoms with E-state index in [4.69, 9.17) is 10.5 Å². The number of anilines is 2. The van der Waals surface area contributed by atoms with Crippen molar-refractivity contribution < 1.29 is 4.39 Å². The molecule has 2 aromatic rings. The number of nitrogens with one attached hydrogen (secondary N) is 1. The molecule has 7 heteroatoms. The molecule has 6 nitrogen and oxygen atoms in total. The Kier molecular flexibility index (Phi) is 4.53. The molecule has 1 aromatic carbocycles. The van der Waals surface area contributed by atoms with Gasteiger partial charge in [0.15, 0.2) is 11.5 Å². The summed E-state index contributed by atoms with van der Waals surface area (Å²) in [7, 11) is 0. The molecule has 0 spiro atoms. The van der Waals surface area contributed by atoms with Crippen LogP contribution in [0.1, 0.15) is 24.1 Å². The highest BCUT2D eigenvalue weighted by molar-refractivity contribution is 5.53. The number of benzene rings is 1. The van der Waals surface area contributed by atoms with E-state index in [1.54, 1.807) is 12.1 Å². The molecule has 0 radical (unpaired) electrons. The Morgan fingerprint density at radius 2 is 2.04 bits per heavy atom. The van der Waals surface area contributed by atoms with Crippen LogP contribution in [-0.4, -0.2) is 29.1 Å². The van der Waals surface area contributed by atoms with Gasteiger partial charge in [-0.15, -0.1) is 0 Å². The Morgan fingerprint density at radius 3 is 2.79 bits per heavy atom. The summed E-state index contributed by atoms with van der Waals surface area (Å²) in [5.74, 6) is 0.0547. The minimum absolute atomic E-state index is 0.0394. The van der Waals surface area contributed by atoms with Gasteiger partial charge in [-0.2, -0.15) is 10.5 Å². The molecular formula is C17H15FN6. The van der Waals surface area contributed by atoms with E-state index in [0.717, 1.165) is 19.4 Å². The van der Waals surface area contributed by atoms with Crippen LogP contribution >= 0.6 is 0 Å². The summed E-state index contributed by atoms with van der Waals surface area (Å²) in [5.41, 5.74) is 1.04. The van der Waals surface area contributed by atoms with Crippen LogP contribution in [0.15, 0.2) is 30.6 Å². The fourth-order valence-corrected chi connectivity index (χ4v) is 2.87. The Morgan fingerprint density at radius 1 is 1.21 bits per heavy atom. The van der Waals surface area contributed by atoms with Crippen molar-refractivity contribution in [3.8, 4) is 12.1 Å². The molecule has 1 fully saturated rings. The van der Waals surface area contributed by atoms with Crippen LogP contribution in [0.5, 0.6) is 0 Å². The second-order valence-electron chi connectivity index (χ2n) is 5.57. The largest absolute Gasteiger partial charge is 0.367 e. The number of nitrogens with zero attached hydrogens (tertiary/aromatic N) is 5. The first-order chi connectivity index (χ1) is 11.7. The van der Waals surface area contributed by atoms with Crippen molar-refractivity contribution in [3.05, 3.63) is 47.7 Å². The highest BCUT2D eigenvalue weighted by atomic mass is 19.1. The molecule has 1 aliphatic rings. The Balaban J connectivity index is 1.75. The lowest BCUT2D eigenvalue weighted by Crippen LogP contribution is -2.42. The Labute approximate surface area is 139 Å². The van der Waals surface area contributed by atoms with Gasteiger partial charge in [-0.05, 0) is 31.0 Å². The number of aromatic nitrogens is 2. The van der Waals surface area contributed by atoms with Crippen LogP contribution in [0.3, 0.4) is 0 Å². The van der Waals surface area contributed by atoms with Crippen LogP contribution in [-0.2, 0) is 0 Å². The second-order valence-corrected chi connectivity index (χ2v) is 5.57. The number of piperidine rings is 1. The average Bonchev–Trinajstić information content (AvgIpc) is 2.62. The van der Waals surface area contributed by atoms with Gasteiger partial charge in [0.2, 0.25) is 0 Å². The average molecular weight is 322 g/mol. The highest BCUT2D eigenvalue weighted by Crippen LogP contribution is 2.25. The van der Waals surface area contributed by atoms with Crippen molar-refractivity contribution in [2.45, 2.75) is 18.9 Å². The zero-order valence-electron chi connectivity index (χ0n) is 12.9. The number of hydrogen-bond acceptors (Lipinski definition) is 6. The molecule has 2 heterocycles. The van der Waals surface area contributed by atoms with Crippen molar-refractivity contribution in [1.29, 1.82) is 10.5 Å². The van der Waals surface area contributed by atoms with E-state index in [1.165, 1.54) is 18.5 Å². The number of nitriles is 2. The van der Waals surface area contributed by atoms with E-state index >= 15 is 0 Å². The lowest BCUT2D eigenvalue weighted by atomic mass is 10.0. The molecule has 0 saturated carbocycles. The normalized spacial score (nSPS) is 17.0. The molecule has 1 N–H and O–H groups in total. The monoisotopic (exact) mass is 322 g/mol. The predicted molar refractivity (Wildman–Crippen MR) is 86.7 cm³/mol. The lowest BCUT2D eigenvalue weighted by Gasteiger charge is -2.35. The van der Waals surface area contributed by atoms with E-state index in [-0.39, 0.29) is 11.7 Å².